The van der Waals surface area contributed by atoms with Crippen molar-refractivity contribution in [2.45, 2.75) is 12.5 Å². The lowest BCUT2D eigenvalue weighted by Crippen LogP contribution is -2.32. The van der Waals surface area contributed by atoms with E-state index in [-0.39, 0.29) is 24.1 Å². The Balaban J connectivity index is 0.00000256. The number of hydrogen-bond donors (Lipinski definition) is 4. The van der Waals surface area contributed by atoms with Crippen molar-refractivity contribution in [3.8, 4) is 0 Å². The van der Waals surface area contributed by atoms with Gasteiger partial charge >= 0.3 is 13.6 Å². The molecule has 1 aromatic carbocycles. The largest absolute Gasteiger partial charge is 0.480 e. The number of carboxylic acids is 1. The molecule has 5 N–H and O–H groups in total. The maximum absolute atomic E-state index is 11.0. The van der Waals surface area contributed by atoms with E-state index in [1.54, 1.807) is 6.07 Å². The third-order valence-corrected chi connectivity index (χ3v) is 2.97. The first-order chi connectivity index (χ1) is 7.30. The number of halogens is 1. The predicted octanol–water partition coefficient (Wildman–Crippen LogP) is -0.134. The molecule has 1 unspecified atom stereocenters. The summed E-state index contributed by atoms with van der Waals surface area (Å²) in [6, 6.07) is 4.51. The van der Waals surface area contributed by atoms with E-state index < -0.39 is 19.6 Å². The van der Waals surface area contributed by atoms with Gasteiger partial charge in [-0.15, -0.1) is 12.4 Å². The molecule has 0 saturated heterocycles. The average molecular weight is 282 g/mol. The zero-order valence-corrected chi connectivity index (χ0v) is 10.4. The fourth-order valence-corrected chi connectivity index (χ4v) is 1.82. The Hall–Kier alpha value is -0.910. The summed E-state index contributed by atoms with van der Waals surface area (Å²) in [6.07, 6.45) is 0.0309. The molecule has 0 spiro atoms. The van der Waals surface area contributed by atoms with Gasteiger partial charge in [0.25, 0.3) is 0 Å². The molecular formula is C9H13ClNO5P. The topological polar surface area (TPSA) is 121 Å². The molecule has 0 aliphatic carbocycles. The van der Waals surface area contributed by atoms with Gasteiger partial charge in [0.05, 0.1) is 5.30 Å². The van der Waals surface area contributed by atoms with E-state index in [2.05, 4.69) is 0 Å². The van der Waals surface area contributed by atoms with E-state index in [9.17, 15) is 9.36 Å². The summed E-state index contributed by atoms with van der Waals surface area (Å²) in [5.74, 6) is -1.15. The Morgan fingerprint density at radius 3 is 2.47 bits per heavy atom. The van der Waals surface area contributed by atoms with Crippen molar-refractivity contribution in [1.29, 1.82) is 0 Å². The van der Waals surface area contributed by atoms with Gasteiger partial charge in [0, 0.05) is 0 Å². The number of carbonyl (C=O) groups is 1. The first-order valence-corrected chi connectivity index (χ1v) is 6.05. The van der Waals surface area contributed by atoms with Crippen LogP contribution in [-0.2, 0) is 15.8 Å². The van der Waals surface area contributed by atoms with Crippen molar-refractivity contribution in [1.82, 2.24) is 0 Å². The van der Waals surface area contributed by atoms with E-state index in [0.29, 0.717) is 5.56 Å². The fourth-order valence-electron chi connectivity index (χ4n) is 1.21. The maximum Gasteiger partial charge on any atom is 0.356 e. The molecule has 0 aliphatic heterocycles. The van der Waals surface area contributed by atoms with Crippen LogP contribution >= 0.6 is 20.0 Å². The number of rotatable bonds is 4. The van der Waals surface area contributed by atoms with Crippen LogP contribution in [0.4, 0.5) is 0 Å². The molecular weight excluding hydrogens is 269 g/mol. The Kier molecular flexibility index (Phi) is 5.81. The minimum atomic E-state index is -4.30. The number of benzene rings is 1. The maximum atomic E-state index is 11.0. The monoisotopic (exact) mass is 281 g/mol. The second kappa shape index (κ2) is 6.14. The molecule has 1 atom stereocenters. The molecule has 8 heteroatoms. The van der Waals surface area contributed by atoms with Gasteiger partial charge < -0.3 is 20.6 Å². The zero-order valence-electron chi connectivity index (χ0n) is 8.68. The second-order valence-corrected chi connectivity index (χ2v) is 4.97. The van der Waals surface area contributed by atoms with Crippen molar-refractivity contribution < 1.29 is 24.3 Å². The number of aliphatic carboxylic acids is 1. The van der Waals surface area contributed by atoms with E-state index in [1.165, 1.54) is 18.2 Å². The quantitative estimate of drug-likeness (QED) is 0.570. The number of hydrogen-bond acceptors (Lipinski definition) is 3. The van der Waals surface area contributed by atoms with Gasteiger partial charge in [-0.25, -0.2) is 0 Å². The summed E-state index contributed by atoms with van der Waals surface area (Å²) >= 11 is 0. The van der Waals surface area contributed by atoms with Crippen LogP contribution in [0.1, 0.15) is 5.56 Å². The molecule has 6 nitrogen and oxygen atoms in total. The SMILES string of the molecule is Cl.NC(Cc1cccc(P(=O)(O)O)c1)C(=O)O. The Morgan fingerprint density at radius 1 is 1.41 bits per heavy atom. The van der Waals surface area contributed by atoms with Crippen LogP contribution < -0.4 is 11.0 Å². The van der Waals surface area contributed by atoms with Crippen molar-refractivity contribution >= 4 is 31.3 Å². The lowest BCUT2D eigenvalue weighted by Gasteiger charge is -2.09. The van der Waals surface area contributed by atoms with E-state index in [1.807, 2.05) is 0 Å². The highest BCUT2D eigenvalue weighted by molar-refractivity contribution is 7.60. The van der Waals surface area contributed by atoms with Crippen LogP contribution in [0.5, 0.6) is 0 Å². The molecule has 0 amide bonds. The first-order valence-electron chi connectivity index (χ1n) is 4.44. The minimum Gasteiger partial charge on any atom is -0.480 e. The molecule has 1 aromatic rings. The van der Waals surface area contributed by atoms with Crippen LogP contribution in [0.25, 0.3) is 0 Å². The lowest BCUT2D eigenvalue weighted by molar-refractivity contribution is -0.138. The normalized spacial score (nSPS) is 12.6. The van der Waals surface area contributed by atoms with E-state index in [4.69, 9.17) is 20.6 Å². The average Bonchev–Trinajstić information content (AvgIpc) is 2.16. The van der Waals surface area contributed by atoms with Crippen molar-refractivity contribution in [3.63, 3.8) is 0 Å². The van der Waals surface area contributed by atoms with Crippen LogP contribution in [0.3, 0.4) is 0 Å². The Morgan fingerprint density at radius 2 is 2.00 bits per heavy atom. The molecule has 0 aliphatic rings. The van der Waals surface area contributed by atoms with Crippen molar-refractivity contribution in [3.05, 3.63) is 29.8 Å². The number of carboxylic acid groups (broad SMARTS) is 1. The predicted molar refractivity (Wildman–Crippen MR) is 64.7 cm³/mol. The van der Waals surface area contributed by atoms with E-state index in [0.717, 1.165) is 0 Å². The van der Waals surface area contributed by atoms with Gasteiger partial charge in [-0.3, -0.25) is 9.36 Å². The third kappa shape index (κ3) is 4.85. The number of nitrogens with two attached hydrogens (primary N) is 1. The van der Waals surface area contributed by atoms with Gasteiger partial charge in [-0.1, -0.05) is 12.1 Å². The zero-order chi connectivity index (χ0) is 12.3. The first kappa shape index (κ1) is 16.1. The standard InChI is InChI=1S/C9H12NO5P.ClH/c10-8(9(11)12)5-6-2-1-3-7(4-6)16(13,14)15;/h1-4,8H,5,10H2,(H,11,12)(H2,13,14,15);1H. The fraction of sp³-hybridized carbons (Fsp3) is 0.222. The summed E-state index contributed by atoms with van der Waals surface area (Å²) < 4.78 is 11.0. The summed E-state index contributed by atoms with van der Waals surface area (Å²) in [5, 5.41) is 8.46. The summed E-state index contributed by atoms with van der Waals surface area (Å²) in [7, 11) is -4.30. The summed E-state index contributed by atoms with van der Waals surface area (Å²) in [6.45, 7) is 0. The van der Waals surface area contributed by atoms with Crippen LogP contribution in [-0.4, -0.2) is 26.9 Å². The second-order valence-electron chi connectivity index (χ2n) is 3.36. The van der Waals surface area contributed by atoms with Crippen LogP contribution in [0.15, 0.2) is 24.3 Å². The van der Waals surface area contributed by atoms with E-state index >= 15 is 0 Å². The van der Waals surface area contributed by atoms with Gasteiger partial charge in [0.1, 0.15) is 6.04 Å². The van der Waals surface area contributed by atoms with Gasteiger partial charge in [-0.2, -0.15) is 0 Å². The Bertz CT molecular complexity index is 447. The summed E-state index contributed by atoms with van der Waals surface area (Å²) in [5.41, 5.74) is 5.80. The van der Waals surface area contributed by atoms with Gasteiger partial charge in [-0.05, 0) is 24.1 Å². The molecule has 0 saturated carbocycles. The third-order valence-electron chi connectivity index (χ3n) is 2.02. The van der Waals surface area contributed by atoms with Crippen LogP contribution in [0, 0.1) is 0 Å². The molecule has 0 bridgehead atoms. The smallest absolute Gasteiger partial charge is 0.356 e. The molecule has 96 valence electrons. The lowest BCUT2D eigenvalue weighted by atomic mass is 10.1. The van der Waals surface area contributed by atoms with Crippen LogP contribution in [0.2, 0.25) is 0 Å². The Labute approximate surface area is 104 Å². The van der Waals surface area contributed by atoms with Crippen molar-refractivity contribution in [2.24, 2.45) is 5.73 Å². The van der Waals surface area contributed by atoms with Crippen molar-refractivity contribution in [2.75, 3.05) is 0 Å². The van der Waals surface area contributed by atoms with Gasteiger partial charge in [0.15, 0.2) is 0 Å². The highest BCUT2D eigenvalue weighted by atomic mass is 35.5. The molecule has 0 radical (unpaired) electrons. The minimum absolute atomic E-state index is 0. The molecule has 0 aromatic heterocycles. The molecule has 17 heavy (non-hydrogen) atoms. The highest BCUT2D eigenvalue weighted by Gasteiger charge is 2.18. The summed E-state index contributed by atoms with van der Waals surface area (Å²) in [4.78, 5) is 28.3. The highest BCUT2D eigenvalue weighted by Crippen LogP contribution is 2.33. The molecule has 1 rings (SSSR count). The molecule has 0 fully saturated rings. The van der Waals surface area contributed by atoms with Gasteiger partial charge in [0.2, 0.25) is 0 Å². The molecule has 0 heterocycles.